The molecule has 0 amide bonds. The van der Waals surface area contributed by atoms with Gasteiger partial charge in [0.2, 0.25) is 0 Å². The smallest absolute Gasteiger partial charge is 0.253 e. The van der Waals surface area contributed by atoms with Crippen molar-refractivity contribution in [1.29, 1.82) is 0 Å². The van der Waals surface area contributed by atoms with Crippen LogP contribution >= 0.6 is 0 Å². The van der Waals surface area contributed by atoms with E-state index in [0.29, 0.717) is 0 Å². The van der Waals surface area contributed by atoms with Crippen molar-refractivity contribution in [1.82, 2.24) is 0 Å². The summed E-state index contributed by atoms with van der Waals surface area (Å²) in [7, 11) is 0. The Labute approximate surface area is 110 Å². The Bertz CT molecular complexity index is 250. The summed E-state index contributed by atoms with van der Waals surface area (Å²) < 4.78 is 0. The zero-order chi connectivity index (χ0) is 10.2. The van der Waals surface area contributed by atoms with Gasteiger partial charge in [-0.1, -0.05) is 39.5 Å². The second kappa shape index (κ2) is 8.99. The van der Waals surface area contributed by atoms with Gasteiger partial charge in [-0.05, 0) is 0 Å². The first-order valence-electron chi connectivity index (χ1n) is 5.39. The molecule has 0 saturated carbocycles. The summed E-state index contributed by atoms with van der Waals surface area (Å²) in [4.78, 5) is 0. The molecule has 2 aliphatic rings. The van der Waals surface area contributed by atoms with Crippen molar-refractivity contribution in [2.24, 2.45) is 0 Å². The third kappa shape index (κ3) is 6.01. The van der Waals surface area contributed by atoms with Crippen LogP contribution in [0.25, 0.3) is 0 Å². The summed E-state index contributed by atoms with van der Waals surface area (Å²) in [5, 5.41) is 0. The molecule has 0 fully saturated rings. The molecule has 15 heavy (non-hydrogen) atoms. The Balaban J connectivity index is 0.000000245. The normalized spacial score (nSPS) is 16.4. The second-order valence-corrected chi connectivity index (χ2v) is 3.42. The molecule has 0 aliphatic heterocycles. The van der Waals surface area contributed by atoms with Gasteiger partial charge in [-0.3, -0.25) is 12.2 Å². The van der Waals surface area contributed by atoms with Gasteiger partial charge in [-0.2, -0.15) is 11.1 Å². The molecule has 2 rings (SSSR count). The SMILES string of the molecule is CCC1=[C-]C=CC1.CCC1=[C-]C=CC1.[Mg+2]. The minimum absolute atomic E-state index is 0. The first-order chi connectivity index (χ1) is 6.86. The van der Waals surface area contributed by atoms with Gasteiger partial charge in [0.05, 0.1) is 0 Å². The van der Waals surface area contributed by atoms with Crippen molar-refractivity contribution >= 4 is 23.1 Å². The van der Waals surface area contributed by atoms with E-state index in [9.17, 15) is 0 Å². The molecule has 0 nitrogen and oxygen atoms in total. The quantitative estimate of drug-likeness (QED) is 0.481. The Morgan fingerprint density at radius 2 is 1.33 bits per heavy atom. The molecule has 1 heteroatoms. The van der Waals surface area contributed by atoms with Crippen LogP contribution < -0.4 is 0 Å². The Hall–Kier alpha value is -0.274. The molecule has 0 heterocycles. The molecule has 0 saturated heterocycles. The zero-order valence-electron chi connectivity index (χ0n) is 9.84. The predicted octanol–water partition coefficient (Wildman–Crippen LogP) is 3.79. The molecule has 0 N–H and O–H groups in total. The molecular formula is C14H18Mg. The first-order valence-corrected chi connectivity index (χ1v) is 5.39. The molecule has 0 aromatic rings. The van der Waals surface area contributed by atoms with Crippen LogP contribution in [-0.2, 0) is 0 Å². The zero-order valence-corrected chi connectivity index (χ0v) is 11.3. The van der Waals surface area contributed by atoms with Crippen LogP contribution in [0.5, 0.6) is 0 Å². The van der Waals surface area contributed by atoms with Gasteiger partial charge in [0, 0.05) is 0 Å². The summed E-state index contributed by atoms with van der Waals surface area (Å²) in [6.07, 6.45) is 19.1. The average molecular weight is 211 g/mol. The van der Waals surface area contributed by atoms with Crippen LogP contribution in [0.1, 0.15) is 39.5 Å². The van der Waals surface area contributed by atoms with Crippen molar-refractivity contribution in [3.8, 4) is 0 Å². The topological polar surface area (TPSA) is 0 Å². The molecule has 0 aromatic heterocycles. The van der Waals surface area contributed by atoms with E-state index in [1.165, 1.54) is 11.1 Å². The Morgan fingerprint density at radius 3 is 1.47 bits per heavy atom. The maximum absolute atomic E-state index is 3.14. The van der Waals surface area contributed by atoms with Crippen molar-refractivity contribution in [3.63, 3.8) is 0 Å². The van der Waals surface area contributed by atoms with Crippen LogP contribution in [0, 0.1) is 12.2 Å². The fraction of sp³-hybridized carbons (Fsp3) is 0.429. The fourth-order valence-electron chi connectivity index (χ4n) is 1.37. The van der Waals surface area contributed by atoms with E-state index in [0.717, 1.165) is 25.7 Å². The number of hydrogen-bond acceptors (Lipinski definition) is 0. The first kappa shape index (κ1) is 14.7. The minimum Gasteiger partial charge on any atom is -0.253 e. The average Bonchev–Trinajstić information content (AvgIpc) is 2.92. The monoisotopic (exact) mass is 210 g/mol. The predicted molar refractivity (Wildman–Crippen MR) is 67.4 cm³/mol. The van der Waals surface area contributed by atoms with Crippen LogP contribution in [0.4, 0.5) is 0 Å². The van der Waals surface area contributed by atoms with E-state index < -0.39 is 0 Å². The molecule has 0 radical (unpaired) electrons. The van der Waals surface area contributed by atoms with E-state index in [4.69, 9.17) is 0 Å². The van der Waals surface area contributed by atoms with Crippen LogP contribution in [-0.4, -0.2) is 23.1 Å². The van der Waals surface area contributed by atoms with Gasteiger partial charge < -0.3 is 0 Å². The molecule has 2 aliphatic carbocycles. The van der Waals surface area contributed by atoms with Gasteiger partial charge >= 0.3 is 23.1 Å². The maximum Gasteiger partial charge on any atom is 2.00 e. The van der Waals surface area contributed by atoms with Gasteiger partial charge in [0.25, 0.3) is 0 Å². The maximum atomic E-state index is 3.14. The van der Waals surface area contributed by atoms with Crippen LogP contribution in [0.2, 0.25) is 0 Å². The minimum atomic E-state index is 0. The fourth-order valence-corrected chi connectivity index (χ4v) is 1.37. The van der Waals surface area contributed by atoms with Gasteiger partial charge in [0.1, 0.15) is 0 Å². The molecule has 0 bridgehead atoms. The summed E-state index contributed by atoms with van der Waals surface area (Å²) in [6, 6.07) is 0. The van der Waals surface area contributed by atoms with E-state index in [1.54, 1.807) is 0 Å². The molecule has 0 atom stereocenters. The van der Waals surface area contributed by atoms with Gasteiger partial charge in [-0.25, -0.2) is 24.3 Å². The largest absolute Gasteiger partial charge is 2.00 e. The summed E-state index contributed by atoms with van der Waals surface area (Å²) in [5.74, 6) is 0. The third-order valence-electron chi connectivity index (χ3n) is 2.39. The van der Waals surface area contributed by atoms with E-state index in [1.807, 2.05) is 12.2 Å². The number of allylic oxidation sites excluding steroid dienone is 8. The number of hydrogen-bond donors (Lipinski definition) is 0. The van der Waals surface area contributed by atoms with Crippen LogP contribution in [0.15, 0.2) is 35.5 Å². The third-order valence-corrected chi connectivity index (χ3v) is 2.39. The summed E-state index contributed by atoms with van der Waals surface area (Å²) >= 11 is 0. The second-order valence-electron chi connectivity index (χ2n) is 3.42. The molecule has 76 valence electrons. The summed E-state index contributed by atoms with van der Waals surface area (Å²) in [6.45, 7) is 4.32. The van der Waals surface area contributed by atoms with E-state index in [-0.39, 0.29) is 23.1 Å². The molecule has 0 unspecified atom stereocenters. The molecule has 0 aromatic carbocycles. The number of rotatable bonds is 2. The standard InChI is InChI=1S/2C7H9.Mg/c2*1-2-7-5-3-4-6-7;/h2*3-4H,2,5H2,1H3;/q2*-1;+2. The van der Waals surface area contributed by atoms with E-state index >= 15 is 0 Å². The van der Waals surface area contributed by atoms with Crippen molar-refractivity contribution < 1.29 is 0 Å². The van der Waals surface area contributed by atoms with Gasteiger partial charge in [0.15, 0.2) is 0 Å². The van der Waals surface area contributed by atoms with Crippen molar-refractivity contribution in [2.45, 2.75) is 39.5 Å². The van der Waals surface area contributed by atoms with E-state index in [2.05, 4.69) is 38.2 Å². The molecular weight excluding hydrogens is 192 g/mol. The molecule has 0 spiro atoms. The van der Waals surface area contributed by atoms with Crippen molar-refractivity contribution in [2.75, 3.05) is 0 Å². The van der Waals surface area contributed by atoms with Gasteiger partial charge in [-0.15, -0.1) is 0 Å². The summed E-state index contributed by atoms with van der Waals surface area (Å²) in [5.41, 5.74) is 2.86. The Kier molecular flexibility index (Phi) is 8.82. The Morgan fingerprint density at radius 1 is 0.933 bits per heavy atom. The van der Waals surface area contributed by atoms with Crippen LogP contribution in [0.3, 0.4) is 0 Å². The van der Waals surface area contributed by atoms with Crippen molar-refractivity contribution in [3.05, 3.63) is 47.6 Å².